The normalized spacial score (nSPS) is 13.3. The lowest BCUT2D eigenvalue weighted by atomic mass is 9.96. The minimum Gasteiger partial charge on any atom is -0.477 e. The summed E-state index contributed by atoms with van der Waals surface area (Å²) in [4.78, 5) is 23.6. The van der Waals surface area contributed by atoms with Crippen molar-refractivity contribution in [2.45, 2.75) is 39.2 Å². The van der Waals surface area contributed by atoms with Crippen molar-refractivity contribution in [3.05, 3.63) is 52.8 Å². The van der Waals surface area contributed by atoms with Crippen molar-refractivity contribution < 1.29 is 14.7 Å². The quantitative estimate of drug-likeness (QED) is 0.853. The third-order valence-electron chi connectivity index (χ3n) is 4.35. The van der Waals surface area contributed by atoms with Gasteiger partial charge < -0.3 is 10.4 Å². The Morgan fingerprint density at radius 2 is 1.79 bits per heavy atom. The van der Waals surface area contributed by atoms with E-state index >= 15 is 0 Å². The topological polar surface area (TPSA) is 84.2 Å². The van der Waals surface area contributed by atoms with E-state index < -0.39 is 11.9 Å². The predicted molar refractivity (Wildman–Crippen MR) is 91.2 cm³/mol. The summed E-state index contributed by atoms with van der Waals surface area (Å²) in [6.07, 6.45) is 2.35. The lowest BCUT2D eigenvalue weighted by molar-refractivity contribution is 0.0678. The molecule has 6 heteroatoms. The van der Waals surface area contributed by atoms with Gasteiger partial charge in [0.15, 0.2) is 5.69 Å². The molecule has 1 amide bonds. The second kappa shape index (κ2) is 7.29. The summed E-state index contributed by atoms with van der Waals surface area (Å²) in [7, 11) is 1.50. The molecule has 0 saturated heterocycles. The second-order valence-electron chi connectivity index (χ2n) is 6.01. The zero-order valence-electron chi connectivity index (χ0n) is 14.4. The first-order chi connectivity index (χ1) is 11.3. The Balaban J connectivity index is 2.13. The highest BCUT2D eigenvalue weighted by Gasteiger charge is 2.22. The van der Waals surface area contributed by atoms with Gasteiger partial charge in [-0.2, -0.15) is 5.10 Å². The van der Waals surface area contributed by atoms with Crippen molar-refractivity contribution in [1.82, 2.24) is 15.1 Å². The number of carbonyl (C=O) groups is 2. The van der Waals surface area contributed by atoms with E-state index in [2.05, 4.69) is 36.4 Å². The van der Waals surface area contributed by atoms with E-state index in [1.807, 2.05) is 19.1 Å². The highest BCUT2D eigenvalue weighted by molar-refractivity contribution is 6.03. The van der Waals surface area contributed by atoms with Crippen LogP contribution in [0.4, 0.5) is 0 Å². The van der Waals surface area contributed by atoms with Crippen LogP contribution in [0, 0.1) is 0 Å². The van der Waals surface area contributed by atoms with E-state index in [1.165, 1.54) is 23.5 Å². The van der Waals surface area contributed by atoms with E-state index in [1.54, 1.807) is 0 Å². The van der Waals surface area contributed by atoms with Crippen molar-refractivity contribution in [3.63, 3.8) is 0 Å². The van der Waals surface area contributed by atoms with Crippen LogP contribution < -0.4 is 5.32 Å². The minimum absolute atomic E-state index is 0.0630. The molecule has 1 heterocycles. The monoisotopic (exact) mass is 329 g/mol. The van der Waals surface area contributed by atoms with Gasteiger partial charge in [-0.25, -0.2) is 4.79 Å². The Labute approximate surface area is 141 Å². The number of hydrogen-bond donors (Lipinski definition) is 2. The second-order valence-corrected chi connectivity index (χ2v) is 6.01. The number of rotatable bonds is 6. The predicted octanol–water partition coefficient (Wildman–Crippen LogP) is 3.12. The van der Waals surface area contributed by atoms with E-state index in [-0.39, 0.29) is 17.3 Å². The maximum absolute atomic E-state index is 12.4. The van der Waals surface area contributed by atoms with Gasteiger partial charge in [0.05, 0.1) is 17.8 Å². The standard InChI is InChI=1S/C18H23N3O3/c1-5-11(2)13-6-8-14(9-7-13)12(3)20-17(22)15-10-19-21(4)16(15)18(23)24/h6-12H,5H2,1-4H3,(H,20,22)(H,23,24). The first kappa shape index (κ1) is 17.7. The van der Waals surface area contributed by atoms with Crippen LogP contribution in [0.1, 0.15) is 71.1 Å². The van der Waals surface area contributed by atoms with E-state index in [0.29, 0.717) is 5.92 Å². The molecule has 0 aliphatic carbocycles. The minimum atomic E-state index is -1.18. The molecule has 0 fully saturated rings. The van der Waals surface area contributed by atoms with Crippen LogP contribution in [0.25, 0.3) is 0 Å². The van der Waals surface area contributed by atoms with Crippen LogP contribution in [-0.4, -0.2) is 26.8 Å². The van der Waals surface area contributed by atoms with Crippen molar-refractivity contribution in [2.75, 3.05) is 0 Å². The molecule has 2 N–H and O–H groups in total. The van der Waals surface area contributed by atoms with Gasteiger partial charge in [0.2, 0.25) is 0 Å². The average Bonchev–Trinajstić information content (AvgIpc) is 2.96. The molecule has 0 radical (unpaired) electrons. The smallest absolute Gasteiger partial charge is 0.354 e. The highest BCUT2D eigenvalue weighted by atomic mass is 16.4. The van der Waals surface area contributed by atoms with Crippen molar-refractivity contribution >= 4 is 11.9 Å². The SMILES string of the molecule is CCC(C)c1ccc(C(C)NC(=O)c2cnn(C)c2C(=O)O)cc1. The largest absolute Gasteiger partial charge is 0.477 e. The van der Waals surface area contributed by atoms with Gasteiger partial charge in [0, 0.05) is 7.05 Å². The number of amides is 1. The molecule has 2 atom stereocenters. The number of benzene rings is 1. The molecule has 0 aliphatic rings. The summed E-state index contributed by atoms with van der Waals surface area (Å²) in [6.45, 7) is 6.19. The number of aromatic carboxylic acids is 1. The van der Waals surface area contributed by atoms with Crippen LogP contribution >= 0.6 is 0 Å². The molecule has 0 bridgehead atoms. The zero-order valence-corrected chi connectivity index (χ0v) is 14.4. The molecule has 1 aromatic carbocycles. The Morgan fingerprint density at radius 1 is 1.21 bits per heavy atom. The molecule has 0 spiro atoms. The molecule has 2 aromatic rings. The summed E-state index contributed by atoms with van der Waals surface area (Å²) >= 11 is 0. The van der Waals surface area contributed by atoms with Crippen molar-refractivity contribution in [2.24, 2.45) is 7.05 Å². The number of carboxylic acid groups (broad SMARTS) is 1. The lowest BCUT2D eigenvalue weighted by Gasteiger charge is -2.16. The van der Waals surface area contributed by atoms with Crippen LogP contribution in [0.5, 0.6) is 0 Å². The Kier molecular flexibility index (Phi) is 5.39. The molecule has 24 heavy (non-hydrogen) atoms. The first-order valence-corrected chi connectivity index (χ1v) is 8.01. The molecular weight excluding hydrogens is 306 g/mol. The molecule has 2 unspecified atom stereocenters. The van der Waals surface area contributed by atoms with Gasteiger partial charge in [0.25, 0.3) is 5.91 Å². The average molecular weight is 329 g/mol. The zero-order chi connectivity index (χ0) is 17.9. The lowest BCUT2D eigenvalue weighted by Crippen LogP contribution is -2.28. The fourth-order valence-electron chi connectivity index (χ4n) is 2.56. The number of hydrogen-bond acceptors (Lipinski definition) is 3. The third-order valence-corrected chi connectivity index (χ3v) is 4.35. The van der Waals surface area contributed by atoms with Gasteiger partial charge in [0.1, 0.15) is 0 Å². The van der Waals surface area contributed by atoms with Crippen LogP contribution in [0.15, 0.2) is 30.5 Å². The number of aryl methyl sites for hydroxylation is 1. The molecule has 2 rings (SSSR count). The van der Waals surface area contributed by atoms with E-state index in [0.717, 1.165) is 12.0 Å². The molecule has 0 aliphatic heterocycles. The summed E-state index contributed by atoms with van der Waals surface area (Å²) in [5.74, 6) is -1.12. The summed E-state index contributed by atoms with van der Waals surface area (Å²) < 4.78 is 1.18. The Hall–Kier alpha value is -2.63. The van der Waals surface area contributed by atoms with Crippen LogP contribution in [-0.2, 0) is 7.05 Å². The Morgan fingerprint density at radius 3 is 2.33 bits per heavy atom. The molecule has 6 nitrogen and oxygen atoms in total. The highest BCUT2D eigenvalue weighted by Crippen LogP contribution is 2.21. The first-order valence-electron chi connectivity index (χ1n) is 8.01. The van der Waals surface area contributed by atoms with Crippen molar-refractivity contribution in [1.29, 1.82) is 0 Å². The Bertz CT molecular complexity index is 734. The third kappa shape index (κ3) is 3.64. The maximum atomic E-state index is 12.4. The summed E-state index contributed by atoms with van der Waals surface area (Å²) in [5.41, 5.74) is 2.18. The number of aromatic nitrogens is 2. The van der Waals surface area contributed by atoms with Gasteiger partial charge in [-0.1, -0.05) is 38.1 Å². The fourth-order valence-corrected chi connectivity index (χ4v) is 2.56. The summed E-state index contributed by atoms with van der Waals surface area (Å²) in [5, 5.41) is 15.9. The van der Waals surface area contributed by atoms with Gasteiger partial charge in [-0.3, -0.25) is 9.48 Å². The van der Waals surface area contributed by atoms with E-state index in [4.69, 9.17) is 0 Å². The number of nitrogens with one attached hydrogen (secondary N) is 1. The fraction of sp³-hybridized carbons (Fsp3) is 0.389. The maximum Gasteiger partial charge on any atom is 0.354 e. The molecule has 0 saturated carbocycles. The summed E-state index contributed by atoms with van der Waals surface area (Å²) in [6, 6.07) is 7.89. The van der Waals surface area contributed by atoms with Crippen LogP contribution in [0.3, 0.4) is 0 Å². The molecule has 1 aromatic heterocycles. The van der Waals surface area contributed by atoms with Crippen LogP contribution in [0.2, 0.25) is 0 Å². The van der Waals surface area contributed by atoms with E-state index in [9.17, 15) is 14.7 Å². The molecular formula is C18H23N3O3. The van der Waals surface area contributed by atoms with Gasteiger partial charge in [-0.05, 0) is 30.4 Å². The van der Waals surface area contributed by atoms with Gasteiger partial charge in [-0.15, -0.1) is 0 Å². The van der Waals surface area contributed by atoms with Crippen molar-refractivity contribution in [3.8, 4) is 0 Å². The number of carbonyl (C=O) groups excluding carboxylic acids is 1. The van der Waals surface area contributed by atoms with Gasteiger partial charge >= 0.3 is 5.97 Å². The number of carboxylic acids is 1. The molecule has 128 valence electrons. The number of nitrogens with zero attached hydrogens (tertiary/aromatic N) is 2.